The van der Waals surface area contributed by atoms with Crippen LogP contribution in [-0.2, 0) is 15.0 Å². The van der Waals surface area contributed by atoms with Crippen LogP contribution in [0.5, 0.6) is 11.5 Å². The maximum Gasteiger partial charge on any atom is 0.236 e. The van der Waals surface area contributed by atoms with Crippen LogP contribution in [-0.4, -0.2) is 85.5 Å². The van der Waals surface area contributed by atoms with Gasteiger partial charge in [-0.2, -0.15) is 0 Å². The molecule has 160 valence electrons. The van der Waals surface area contributed by atoms with E-state index in [4.69, 9.17) is 9.47 Å². The van der Waals surface area contributed by atoms with Crippen molar-refractivity contribution in [1.29, 1.82) is 0 Å². The van der Waals surface area contributed by atoms with E-state index in [-0.39, 0.29) is 11.8 Å². The van der Waals surface area contributed by atoms with Crippen LogP contribution in [0, 0.1) is 0 Å². The lowest BCUT2D eigenvalue weighted by atomic mass is 9.82. The lowest BCUT2D eigenvalue weighted by Gasteiger charge is -2.39. The van der Waals surface area contributed by atoms with Crippen molar-refractivity contribution in [2.24, 2.45) is 0 Å². The second kappa shape index (κ2) is 9.03. The van der Waals surface area contributed by atoms with Crippen LogP contribution in [0.2, 0.25) is 0 Å². The van der Waals surface area contributed by atoms with Gasteiger partial charge in [0.25, 0.3) is 0 Å². The van der Waals surface area contributed by atoms with Gasteiger partial charge in [-0.3, -0.25) is 14.5 Å². The SMILES string of the molecule is CCN(CC)C(=O)CN1CCN(C(=O)C(C)(C)c2ccc3c(c2)OCCO3)CC1. The molecule has 0 saturated carbocycles. The molecular weight excluding hydrogens is 370 g/mol. The Kier molecular flexibility index (Phi) is 6.67. The summed E-state index contributed by atoms with van der Waals surface area (Å²) in [6.45, 7) is 13.6. The fourth-order valence-electron chi connectivity index (χ4n) is 3.93. The van der Waals surface area contributed by atoms with E-state index in [9.17, 15) is 9.59 Å². The number of benzene rings is 1. The lowest BCUT2D eigenvalue weighted by molar-refractivity contribution is -0.138. The Bertz CT molecular complexity index is 738. The molecule has 29 heavy (non-hydrogen) atoms. The van der Waals surface area contributed by atoms with Crippen molar-refractivity contribution in [3.05, 3.63) is 23.8 Å². The summed E-state index contributed by atoms with van der Waals surface area (Å²) >= 11 is 0. The molecule has 2 heterocycles. The first-order chi connectivity index (χ1) is 13.9. The topological polar surface area (TPSA) is 62.3 Å². The molecule has 0 aromatic heterocycles. The summed E-state index contributed by atoms with van der Waals surface area (Å²) in [4.78, 5) is 31.5. The highest BCUT2D eigenvalue weighted by atomic mass is 16.6. The van der Waals surface area contributed by atoms with Crippen molar-refractivity contribution in [3.63, 3.8) is 0 Å². The van der Waals surface area contributed by atoms with Gasteiger partial charge in [0, 0.05) is 39.3 Å². The first-order valence-electron chi connectivity index (χ1n) is 10.6. The van der Waals surface area contributed by atoms with Crippen LogP contribution >= 0.6 is 0 Å². The van der Waals surface area contributed by atoms with Crippen LogP contribution in [0.4, 0.5) is 0 Å². The summed E-state index contributed by atoms with van der Waals surface area (Å²) in [5, 5.41) is 0. The molecule has 7 nitrogen and oxygen atoms in total. The van der Waals surface area contributed by atoms with Gasteiger partial charge in [-0.25, -0.2) is 0 Å². The van der Waals surface area contributed by atoms with E-state index in [2.05, 4.69) is 4.90 Å². The highest BCUT2D eigenvalue weighted by Crippen LogP contribution is 2.36. The Morgan fingerprint density at radius 1 is 1.00 bits per heavy atom. The second-order valence-electron chi connectivity index (χ2n) is 8.12. The Hall–Kier alpha value is -2.28. The minimum absolute atomic E-state index is 0.101. The molecule has 1 fully saturated rings. The molecule has 1 saturated heterocycles. The van der Waals surface area contributed by atoms with E-state index in [1.54, 1.807) is 0 Å². The summed E-state index contributed by atoms with van der Waals surface area (Å²) in [5.41, 5.74) is 0.264. The number of hydrogen-bond donors (Lipinski definition) is 0. The van der Waals surface area contributed by atoms with E-state index in [1.165, 1.54) is 0 Å². The van der Waals surface area contributed by atoms with Gasteiger partial charge in [0.1, 0.15) is 13.2 Å². The zero-order valence-electron chi connectivity index (χ0n) is 18.1. The Morgan fingerprint density at radius 2 is 1.62 bits per heavy atom. The largest absolute Gasteiger partial charge is 0.486 e. The summed E-state index contributed by atoms with van der Waals surface area (Å²) in [7, 11) is 0. The molecule has 2 aliphatic heterocycles. The quantitative estimate of drug-likeness (QED) is 0.724. The second-order valence-corrected chi connectivity index (χ2v) is 8.12. The van der Waals surface area contributed by atoms with Gasteiger partial charge in [0.15, 0.2) is 11.5 Å². The molecular formula is C22H33N3O4. The first-order valence-corrected chi connectivity index (χ1v) is 10.6. The monoisotopic (exact) mass is 403 g/mol. The van der Waals surface area contributed by atoms with Crippen molar-refractivity contribution in [3.8, 4) is 11.5 Å². The van der Waals surface area contributed by atoms with Gasteiger partial charge in [0.2, 0.25) is 11.8 Å². The van der Waals surface area contributed by atoms with Gasteiger partial charge in [-0.15, -0.1) is 0 Å². The number of rotatable bonds is 6. The number of fused-ring (bicyclic) bond motifs is 1. The minimum Gasteiger partial charge on any atom is -0.486 e. The van der Waals surface area contributed by atoms with Crippen LogP contribution in [0.1, 0.15) is 33.3 Å². The van der Waals surface area contributed by atoms with Gasteiger partial charge in [0.05, 0.1) is 12.0 Å². The Morgan fingerprint density at radius 3 is 2.24 bits per heavy atom. The summed E-state index contributed by atoms with van der Waals surface area (Å²) in [6.07, 6.45) is 0. The molecule has 2 amide bonds. The molecule has 0 bridgehead atoms. The maximum atomic E-state index is 13.3. The number of ether oxygens (including phenoxy) is 2. The molecule has 0 unspecified atom stereocenters. The highest BCUT2D eigenvalue weighted by Gasteiger charge is 2.36. The number of carbonyl (C=O) groups is 2. The standard InChI is InChI=1S/C22H33N3O4/c1-5-24(6-2)20(26)16-23-9-11-25(12-10-23)21(27)22(3,4)17-7-8-18-19(15-17)29-14-13-28-18/h7-8,15H,5-6,9-14,16H2,1-4H3. The molecule has 1 aromatic carbocycles. The fraction of sp³-hybridized carbons (Fsp3) is 0.636. The summed E-state index contributed by atoms with van der Waals surface area (Å²) in [5.74, 6) is 1.69. The van der Waals surface area contributed by atoms with Crippen molar-refractivity contribution < 1.29 is 19.1 Å². The molecule has 0 aliphatic carbocycles. The van der Waals surface area contributed by atoms with E-state index >= 15 is 0 Å². The number of hydrogen-bond acceptors (Lipinski definition) is 5. The smallest absolute Gasteiger partial charge is 0.236 e. The van der Waals surface area contributed by atoms with Crippen molar-refractivity contribution in [2.45, 2.75) is 33.1 Å². The van der Waals surface area contributed by atoms with E-state index in [1.807, 2.05) is 55.7 Å². The fourth-order valence-corrected chi connectivity index (χ4v) is 3.93. The number of nitrogens with zero attached hydrogens (tertiary/aromatic N) is 3. The first kappa shape index (κ1) is 21.4. The van der Waals surface area contributed by atoms with Gasteiger partial charge in [-0.05, 0) is 45.4 Å². The third kappa shape index (κ3) is 4.66. The van der Waals surface area contributed by atoms with E-state index in [0.29, 0.717) is 38.6 Å². The van der Waals surface area contributed by atoms with Gasteiger partial charge >= 0.3 is 0 Å². The zero-order chi connectivity index (χ0) is 21.0. The lowest BCUT2D eigenvalue weighted by Crippen LogP contribution is -2.54. The number of amides is 2. The Labute approximate surface area is 173 Å². The molecule has 0 radical (unpaired) electrons. The predicted octanol–water partition coefficient (Wildman–Crippen LogP) is 1.75. The Balaban J connectivity index is 1.60. The predicted molar refractivity (Wildman–Crippen MR) is 111 cm³/mol. The average Bonchev–Trinajstić information content (AvgIpc) is 2.74. The third-order valence-corrected chi connectivity index (χ3v) is 5.93. The molecule has 3 rings (SSSR count). The zero-order valence-corrected chi connectivity index (χ0v) is 18.1. The van der Waals surface area contributed by atoms with Crippen LogP contribution < -0.4 is 9.47 Å². The van der Waals surface area contributed by atoms with Crippen LogP contribution in [0.15, 0.2) is 18.2 Å². The number of piperazine rings is 1. The average molecular weight is 404 g/mol. The third-order valence-electron chi connectivity index (χ3n) is 5.93. The van der Waals surface area contributed by atoms with Crippen molar-refractivity contribution in [2.75, 3.05) is 59.0 Å². The summed E-state index contributed by atoms with van der Waals surface area (Å²) in [6, 6.07) is 5.76. The number of likely N-dealkylation sites (N-methyl/N-ethyl adjacent to an activating group) is 1. The van der Waals surface area contributed by atoms with Crippen LogP contribution in [0.25, 0.3) is 0 Å². The number of carbonyl (C=O) groups excluding carboxylic acids is 2. The highest BCUT2D eigenvalue weighted by molar-refractivity contribution is 5.87. The maximum absolute atomic E-state index is 13.3. The van der Waals surface area contributed by atoms with Gasteiger partial charge in [-0.1, -0.05) is 6.07 Å². The van der Waals surface area contributed by atoms with Crippen molar-refractivity contribution in [1.82, 2.24) is 14.7 Å². The normalized spacial score (nSPS) is 17.2. The molecule has 7 heteroatoms. The minimum atomic E-state index is -0.658. The molecule has 2 aliphatic rings. The molecule has 0 spiro atoms. The van der Waals surface area contributed by atoms with Crippen molar-refractivity contribution >= 4 is 11.8 Å². The molecule has 0 N–H and O–H groups in total. The summed E-state index contributed by atoms with van der Waals surface area (Å²) < 4.78 is 11.3. The molecule has 1 aromatic rings. The van der Waals surface area contributed by atoms with Crippen LogP contribution in [0.3, 0.4) is 0 Å². The molecule has 0 atom stereocenters. The van der Waals surface area contributed by atoms with Gasteiger partial charge < -0.3 is 19.3 Å². The van der Waals surface area contributed by atoms with E-state index < -0.39 is 5.41 Å². The van der Waals surface area contributed by atoms with E-state index in [0.717, 1.165) is 37.5 Å².